The van der Waals surface area contributed by atoms with Gasteiger partial charge in [-0.15, -0.1) is 0 Å². The van der Waals surface area contributed by atoms with Crippen molar-refractivity contribution in [1.82, 2.24) is 0 Å². The average Bonchev–Trinajstić information content (AvgIpc) is 1.89. The lowest BCUT2D eigenvalue weighted by Crippen LogP contribution is -2.26. The molecule has 4 heteroatoms. The molecule has 0 bridgehead atoms. The fourth-order valence-corrected chi connectivity index (χ4v) is 0.750. The van der Waals surface area contributed by atoms with Crippen molar-refractivity contribution < 1.29 is 14.1 Å². The highest BCUT2D eigenvalue weighted by Gasteiger charge is 2.26. The summed E-state index contributed by atoms with van der Waals surface area (Å²) in [5, 5.41) is 8.14. The van der Waals surface area contributed by atoms with Crippen LogP contribution in [0.25, 0.3) is 0 Å². The smallest absolute Gasteiger partial charge is 0.429 e. The topological polar surface area (TPSA) is 29.5 Å². The molecule has 0 fully saturated rings. The number of hydrogen-bond donors (Lipinski definition) is 1. The van der Waals surface area contributed by atoms with Crippen LogP contribution in [-0.2, 0) is 4.65 Å². The fourth-order valence-electron chi connectivity index (χ4n) is 0.750. The highest BCUT2D eigenvalue weighted by Crippen LogP contribution is 2.22. The van der Waals surface area contributed by atoms with Crippen LogP contribution in [0.5, 0.6) is 0 Å². The van der Waals surface area contributed by atoms with Crippen molar-refractivity contribution in [2.24, 2.45) is 0 Å². The summed E-state index contributed by atoms with van der Waals surface area (Å²) < 4.78 is 17.3. The van der Waals surface area contributed by atoms with Crippen LogP contribution in [-0.4, -0.2) is 18.6 Å². The molecule has 1 radical (unpaired) electrons. The van der Waals surface area contributed by atoms with E-state index in [-0.39, 0.29) is 6.42 Å². The van der Waals surface area contributed by atoms with Crippen LogP contribution in [0.4, 0.5) is 4.39 Å². The minimum atomic E-state index is -1.84. The molecule has 0 heterocycles. The quantitative estimate of drug-likeness (QED) is 0.573. The molecule has 1 unspecified atom stereocenters. The van der Waals surface area contributed by atoms with Gasteiger partial charge in [-0.05, 0) is 6.08 Å². The number of alkyl halides is 1. The van der Waals surface area contributed by atoms with Gasteiger partial charge in [0, 0.05) is 6.42 Å². The molecule has 1 rings (SSSR count). The Kier molecular flexibility index (Phi) is 2.24. The van der Waals surface area contributed by atoms with Crippen LogP contribution in [0.15, 0.2) is 24.3 Å². The summed E-state index contributed by atoms with van der Waals surface area (Å²) in [4.78, 5) is 0. The summed E-state index contributed by atoms with van der Waals surface area (Å²) in [7, 11) is 0.365. The second-order valence-corrected chi connectivity index (χ2v) is 2.00. The first kappa shape index (κ1) is 7.50. The number of allylic oxidation sites excluding steroid dienone is 2. The van der Waals surface area contributed by atoms with Gasteiger partial charge in [-0.25, -0.2) is 4.39 Å². The predicted molar refractivity (Wildman–Crippen MR) is 35.8 cm³/mol. The standard InChI is InChI=1S/C6H7BFO2/c8-6(10-7-9)4-2-1-3-5-6/h1-4,9H,5H2. The van der Waals surface area contributed by atoms with Gasteiger partial charge >= 0.3 is 7.69 Å². The minimum absolute atomic E-state index is 0.139. The van der Waals surface area contributed by atoms with Crippen LogP contribution in [0, 0.1) is 0 Å². The minimum Gasteiger partial charge on any atom is -0.429 e. The molecular weight excluding hydrogens is 134 g/mol. The van der Waals surface area contributed by atoms with E-state index in [1.54, 1.807) is 12.2 Å². The third kappa shape index (κ3) is 1.69. The van der Waals surface area contributed by atoms with Crippen LogP contribution in [0.3, 0.4) is 0 Å². The summed E-state index contributed by atoms with van der Waals surface area (Å²) in [6, 6.07) is 0. The molecule has 10 heavy (non-hydrogen) atoms. The van der Waals surface area contributed by atoms with Crippen molar-refractivity contribution in [1.29, 1.82) is 0 Å². The number of rotatable bonds is 2. The van der Waals surface area contributed by atoms with E-state index in [1.807, 2.05) is 0 Å². The molecule has 0 aromatic rings. The van der Waals surface area contributed by atoms with Crippen molar-refractivity contribution >= 4 is 7.69 Å². The Bertz CT molecular complexity index is 169. The molecule has 1 atom stereocenters. The van der Waals surface area contributed by atoms with Gasteiger partial charge in [0.2, 0.25) is 5.85 Å². The first-order valence-corrected chi connectivity index (χ1v) is 2.94. The predicted octanol–water partition coefficient (Wildman–Crippen LogP) is 0.711. The van der Waals surface area contributed by atoms with E-state index in [9.17, 15) is 4.39 Å². The lowest BCUT2D eigenvalue weighted by atomic mass is 10.1. The molecule has 1 aliphatic rings. The summed E-state index contributed by atoms with van der Waals surface area (Å²) in [5.74, 6) is -1.84. The van der Waals surface area contributed by atoms with Gasteiger partial charge in [-0.2, -0.15) is 0 Å². The van der Waals surface area contributed by atoms with Crippen molar-refractivity contribution in [3.63, 3.8) is 0 Å². The number of halogens is 1. The molecule has 1 N–H and O–H groups in total. The monoisotopic (exact) mass is 141 g/mol. The Balaban J connectivity index is 2.52. The molecule has 0 aromatic heterocycles. The van der Waals surface area contributed by atoms with Crippen LogP contribution >= 0.6 is 0 Å². The largest absolute Gasteiger partial charge is 0.487 e. The zero-order chi connectivity index (χ0) is 7.45. The van der Waals surface area contributed by atoms with E-state index >= 15 is 0 Å². The third-order valence-electron chi connectivity index (χ3n) is 1.24. The molecule has 0 saturated carbocycles. The molecular formula is C6H7BFO2. The molecule has 0 saturated heterocycles. The van der Waals surface area contributed by atoms with Gasteiger partial charge in [-0.3, -0.25) is 0 Å². The van der Waals surface area contributed by atoms with E-state index in [0.29, 0.717) is 7.69 Å². The maximum absolute atomic E-state index is 13.0. The van der Waals surface area contributed by atoms with E-state index < -0.39 is 5.85 Å². The normalized spacial score (nSPS) is 30.6. The Morgan fingerprint density at radius 3 is 2.90 bits per heavy atom. The molecule has 0 aliphatic heterocycles. The highest BCUT2D eigenvalue weighted by atomic mass is 19.2. The van der Waals surface area contributed by atoms with Gasteiger partial charge in [0.05, 0.1) is 0 Å². The zero-order valence-corrected chi connectivity index (χ0v) is 5.33. The summed E-state index contributed by atoms with van der Waals surface area (Å²) in [5.41, 5.74) is 0. The van der Waals surface area contributed by atoms with Crippen LogP contribution in [0.2, 0.25) is 0 Å². The summed E-state index contributed by atoms with van der Waals surface area (Å²) >= 11 is 0. The SMILES string of the molecule is O[B]OC1(F)C=CC=CC1. The van der Waals surface area contributed by atoms with Crippen LogP contribution < -0.4 is 0 Å². The van der Waals surface area contributed by atoms with Gasteiger partial charge in [0.25, 0.3) is 0 Å². The lowest BCUT2D eigenvalue weighted by Gasteiger charge is -2.20. The zero-order valence-electron chi connectivity index (χ0n) is 5.33. The molecule has 2 nitrogen and oxygen atoms in total. The third-order valence-corrected chi connectivity index (χ3v) is 1.24. The summed E-state index contributed by atoms with van der Waals surface area (Å²) in [6.07, 6.45) is 6.27. The molecule has 53 valence electrons. The Morgan fingerprint density at radius 2 is 2.40 bits per heavy atom. The molecule has 0 amide bonds. The van der Waals surface area contributed by atoms with Gasteiger partial charge in [-0.1, -0.05) is 18.2 Å². The molecule has 1 aliphatic carbocycles. The van der Waals surface area contributed by atoms with Crippen molar-refractivity contribution in [3.05, 3.63) is 24.3 Å². The van der Waals surface area contributed by atoms with Gasteiger partial charge in [0.15, 0.2) is 0 Å². The first-order chi connectivity index (χ1) is 4.77. The maximum atomic E-state index is 13.0. The molecule has 0 spiro atoms. The Hall–Kier alpha value is -0.605. The van der Waals surface area contributed by atoms with E-state index in [4.69, 9.17) is 5.02 Å². The second-order valence-electron chi connectivity index (χ2n) is 2.00. The first-order valence-electron chi connectivity index (χ1n) is 2.94. The van der Waals surface area contributed by atoms with Crippen molar-refractivity contribution in [2.45, 2.75) is 12.3 Å². The average molecular weight is 141 g/mol. The fraction of sp³-hybridized carbons (Fsp3) is 0.333. The van der Waals surface area contributed by atoms with E-state index in [0.717, 1.165) is 0 Å². The van der Waals surface area contributed by atoms with Gasteiger partial charge < -0.3 is 9.68 Å². The van der Waals surface area contributed by atoms with Crippen LogP contribution in [0.1, 0.15) is 6.42 Å². The number of hydrogen-bond acceptors (Lipinski definition) is 2. The second kappa shape index (κ2) is 2.99. The summed E-state index contributed by atoms with van der Waals surface area (Å²) in [6.45, 7) is 0. The maximum Gasteiger partial charge on any atom is 0.487 e. The highest BCUT2D eigenvalue weighted by molar-refractivity contribution is 6.16. The van der Waals surface area contributed by atoms with E-state index in [2.05, 4.69) is 4.65 Å². The lowest BCUT2D eigenvalue weighted by molar-refractivity contribution is -0.0216. The van der Waals surface area contributed by atoms with Crippen molar-refractivity contribution in [3.8, 4) is 0 Å². The van der Waals surface area contributed by atoms with E-state index in [1.165, 1.54) is 12.2 Å². The Morgan fingerprint density at radius 1 is 1.60 bits per heavy atom. The molecule has 0 aromatic carbocycles. The Labute approximate surface area is 59.3 Å². The van der Waals surface area contributed by atoms with Gasteiger partial charge in [0.1, 0.15) is 0 Å². The van der Waals surface area contributed by atoms with Crippen molar-refractivity contribution in [2.75, 3.05) is 0 Å².